The molecule has 1 saturated heterocycles. The van der Waals surface area contributed by atoms with E-state index in [1.807, 2.05) is 0 Å². The summed E-state index contributed by atoms with van der Waals surface area (Å²) in [5.41, 5.74) is 5.42. The van der Waals surface area contributed by atoms with Crippen LogP contribution in [0.4, 0.5) is 4.39 Å². The third kappa shape index (κ3) is 2.90. The second-order valence-corrected chi connectivity index (χ2v) is 6.43. The largest absolute Gasteiger partial charge is 0.387 e. The zero-order valence-corrected chi connectivity index (χ0v) is 11.0. The lowest BCUT2D eigenvalue weighted by atomic mass is 9.99. The molecule has 1 aromatic heterocycles. The van der Waals surface area contributed by atoms with Crippen molar-refractivity contribution < 1.29 is 12.8 Å². The highest BCUT2D eigenvalue weighted by molar-refractivity contribution is 7.89. The monoisotopic (exact) mass is 286 g/mol. The molecule has 0 aromatic carbocycles. The summed E-state index contributed by atoms with van der Waals surface area (Å²) in [6.07, 6.45) is 3.40. The average Bonchev–Trinajstić information content (AvgIpc) is 2.39. The molecule has 0 radical (unpaired) electrons. The van der Waals surface area contributed by atoms with E-state index in [4.69, 9.17) is 11.1 Å². The quantitative estimate of drug-likeness (QED) is 0.626. The highest BCUT2D eigenvalue weighted by atomic mass is 32.2. The maximum absolute atomic E-state index is 13.1. The molecule has 0 saturated carbocycles. The number of nitrogens with zero attached hydrogens (tertiary/aromatic N) is 2. The third-order valence-electron chi connectivity index (χ3n) is 3.14. The molecule has 2 rings (SSSR count). The van der Waals surface area contributed by atoms with Gasteiger partial charge in [0.1, 0.15) is 10.7 Å². The van der Waals surface area contributed by atoms with Crippen LogP contribution in [0, 0.1) is 17.1 Å². The molecule has 104 valence electrons. The van der Waals surface area contributed by atoms with Crippen LogP contribution in [0.1, 0.15) is 12.8 Å². The zero-order chi connectivity index (χ0) is 14.0. The Morgan fingerprint density at radius 2 is 2.26 bits per heavy atom. The van der Waals surface area contributed by atoms with E-state index in [1.54, 1.807) is 0 Å². The summed E-state index contributed by atoms with van der Waals surface area (Å²) in [5, 5.41) is 7.41. The molecule has 1 unspecified atom stereocenters. The van der Waals surface area contributed by atoms with Gasteiger partial charge in [-0.05, 0) is 18.9 Å². The molecule has 1 atom stereocenters. The van der Waals surface area contributed by atoms with Gasteiger partial charge in [-0.1, -0.05) is 0 Å². The van der Waals surface area contributed by atoms with Crippen molar-refractivity contribution in [2.45, 2.75) is 17.7 Å². The van der Waals surface area contributed by atoms with Crippen molar-refractivity contribution in [1.82, 2.24) is 9.29 Å². The number of sulfonamides is 1. The van der Waals surface area contributed by atoms with E-state index in [-0.39, 0.29) is 23.2 Å². The Balaban J connectivity index is 2.27. The molecule has 6 nitrogen and oxygen atoms in total. The van der Waals surface area contributed by atoms with E-state index < -0.39 is 15.8 Å². The second-order valence-electron chi connectivity index (χ2n) is 4.50. The number of halogens is 1. The fourth-order valence-corrected chi connectivity index (χ4v) is 3.60. The first-order valence-electron chi connectivity index (χ1n) is 5.86. The summed E-state index contributed by atoms with van der Waals surface area (Å²) in [7, 11) is -3.77. The van der Waals surface area contributed by atoms with Crippen molar-refractivity contribution in [2.75, 3.05) is 13.1 Å². The molecule has 0 amide bonds. The van der Waals surface area contributed by atoms with Crippen LogP contribution in [0.5, 0.6) is 0 Å². The number of amidine groups is 1. The van der Waals surface area contributed by atoms with Gasteiger partial charge in [0, 0.05) is 25.2 Å². The summed E-state index contributed by atoms with van der Waals surface area (Å²) in [6, 6.07) is 0.944. The predicted octanol–water partition coefficient (Wildman–Crippen LogP) is 0.557. The van der Waals surface area contributed by atoms with Crippen LogP contribution in [-0.2, 0) is 10.0 Å². The molecule has 1 fully saturated rings. The van der Waals surface area contributed by atoms with E-state index >= 15 is 0 Å². The maximum Gasteiger partial charge on any atom is 0.244 e. The first-order chi connectivity index (χ1) is 8.91. The number of hydrogen-bond acceptors (Lipinski definition) is 4. The summed E-state index contributed by atoms with van der Waals surface area (Å²) in [5.74, 6) is -0.983. The second kappa shape index (κ2) is 5.22. The Morgan fingerprint density at radius 1 is 1.53 bits per heavy atom. The molecular weight excluding hydrogens is 271 g/mol. The van der Waals surface area contributed by atoms with Gasteiger partial charge in [0.05, 0.1) is 12.0 Å². The number of nitrogens with one attached hydrogen (secondary N) is 1. The number of piperidine rings is 1. The van der Waals surface area contributed by atoms with Crippen LogP contribution in [-0.4, -0.2) is 36.6 Å². The number of hydrogen-bond donors (Lipinski definition) is 2. The molecular formula is C11H15FN4O2S. The first kappa shape index (κ1) is 13.9. The van der Waals surface area contributed by atoms with Crippen LogP contribution in [0.25, 0.3) is 0 Å². The van der Waals surface area contributed by atoms with Gasteiger partial charge in [-0.3, -0.25) is 10.4 Å². The molecule has 1 aromatic rings. The summed E-state index contributed by atoms with van der Waals surface area (Å²) in [6.45, 7) is 0.511. The van der Waals surface area contributed by atoms with E-state index in [9.17, 15) is 12.8 Å². The highest BCUT2D eigenvalue weighted by Gasteiger charge is 2.31. The summed E-state index contributed by atoms with van der Waals surface area (Å²) < 4.78 is 38.9. The van der Waals surface area contributed by atoms with Crippen molar-refractivity contribution in [1.29, 1.82) is 5.41 Å². The molecule has 0 spiro atoms. The predicted molar refractivity (Wildman–Crippen MR) is 67.6 cm³/mol. The number of aromatic nitrogens is 1. The van der Waals surface area contributed by atoms with Crippen LogP contribution < -0.4 is 5.73 Å². The Bertz CT molecular complexity index is 590. The van der Waals surface area contributed by atoms with E-state index in [0.717, 1.165) is 18.5 Å². The third-order valence-corrected chi connectivity index (χ3v) is 4.97. The van der Waals surface area contributed by atoms with Crippen LogP contribution >= 0.6 is 0 Å². The molecule has 2 heterocycles. The van der Waals surface area contributed by atoms with Gasteiger partial charge >= 0.3 is 0 Å². The highest BCUT2D eigenvalue weighted by Crippen LogP contribution is 2.23. The molecule has 1 aliphatic rings. The molecule has 3 N–H and O–H groups in total. The smallest absolute Gasteiger partial charge is 0.244 e. The zero-order valence-electron chi connectivity index (χ0n) is 10.2. The molecule has 0 bridgehead atoms. The summed E-state index contributed by atoms with van der Waals surface area (Å²) in [4.78, 5) is 3.38. The lowest BCUT2D eigenvalue weighted by Crippen LogP contribution is -2.43. The minimum atomic E-state index is -3.77. The van der Waals surface area contributed by atoms with Crippen molar-refractivity contribution in [3.8, 4) is 0 Å². The summed E-state index contributed by atoms with van der Waals surface area (Å²) >= 11 is 0. The minimum absolute atomic E-state index is 0.0164. The van der Waals surface area contributed by atoms with Gasteiger partial charge in [0.2, 0.25) is 10.0 Å². The Morgan fingerprint density at radius 3 is 2.89 bits per heavy atom. The Hall–Kier alpha value is -1.54. The fourth-order valence-electron chi connectivity index (χ4n) is 2.10. The molecule has 8 heteroatoms. The van der Waals surface area contributed by atoms with Gasteiger partial charge in [-0.15, -0.1) is 0 Å². The Labute approximate surface area is 111 Å². The standard InChI is InChI=1S/C11H15FN4O2S/c12-9-4-10(6-15-5-9)19(17,18)16-3-1-2-8(7-16)11(13)14/h4-6,8H,1-3,7H2,(H3,13,14). The SMILES string of the molecule is N=C(N)C1CCCN(S(=O)(=O)c2cncc(F)c2)C1. The van der Waals surface area contributed by atoms with E-state index in [2.05, 4.69) is 4.98 Å². The lowest BCUT2D eigenvalue weighted by Gasteiger charge is -2.31. The van der Waals surface area contributed by atoms with E-state index in [0.29, 0.717) is 19.4 Å². The van der Waals surface area contributed by atoms with Crippen LogP contribution in [0.2, 0.25) is 0 Å². The van der Waals surface area contributed by atoms with Crippen LogP contribution in [0.3, 0.4) is 0 Å². The van der Waals surface area contributed by atoms with Gasteiger partial charge in [0.15, 0.2) is 0 Å². The molecule has 0 aliphatic carbocycles. The number of nitrogens with two attached hydrogens (primary N) is 1. The van der Waals surface area contributed by atoms with Gasteiger partial charge < -0.3 is 5.73 Å². The fraction of sp³-hybridized carbons (Fsp3) is 0.455. The average molecular weight is 286 g/mol. The normalized spacial score (nSPS) is 21.2. The van der Waals surface area contributed by atoms with Gasteiger partial charge in [-0.2, -0.15) is 4.31 Å². The topological polar surface area (TPSA) is 100 Å². The number of rotatable bonds is 3. The molecule has 1 aliphatic heterocycles. The van der Waals surface area contributed by atoms with Gasteiger partial charge in [-0.25, -0.2) is 12.8 Å². The van der Waals surface area contributed by atoms with E-state index in [1.165, 1.54) is 4.31 Å². The minimum Gasteiger partial charge on any atom is -0.387 e. The number of pyridine rings is 1. The van der Waals surface area contributed by atoms with Crippen molar-refractivity contribution in [3.63, 3.8) is 0 Å². The first-order valence-corrected chi connectivity index (χ1v) is 7.30. The maximum atomic E-state index is 13.1. The Kier molecular flexibility index (Phi) is 3.81. The van der Waals surface area contributed by atoms with Crippen molar-refractivity contribution >= 4 is 15.9 Å². The lowest BCUT2D eigenvalue weighted by molar-refractivity contribution is 0.310. The van der Waals surface area contributed by atoms with Crippen LogP contribution in [0.15, 0.2) is 23.4 Å². The van der Waals surface area contributed by atoms with Gasteiger partial charge in [0.25, 0.3) is 0 Å². The molecule has 19 heavy (non-hydrogen) atoms. The van der Waals surface area contributed by atoms with Crippen molar-refractivity contribution in [2.24, 2.45) is 11.7 Å². The van der Waals surface area contributed by atoms with Crippen molar-refractivity contribution in [3.05, 3.63) is 24.3 Å².